The van der Waals surface area contributed by atoms with Crippen LogP contribution in [0.1, 0.15) is 12.5 Å². The Bertz CT molecular complexity index is 323. The molecule has 0 heterocycles. The summed E-state index contributed by atoms with van der Waals surface area (Å²) < 4.78 is 25.7. The monoisotopic (exact) mass is 226 g/mol. The van der Waals surface area contributed by atoms with Gasteiger partial charge in [0.2, 0.25) is 0 Å². The average molecular weight is 227 g/mol. The molecule has 0 fully saturated rings. The summed E-state index contributed by atoms with van der Waals surface area (Å²) in [5.41, 5.74) is 0.116. The molecule has 0 aliphatic rings. The number of hydrogen-bond acceptors (Lipinski definition) is 1. The van der Waals surface area contributed by atoms with E-state index >= 15 is 0 Å². The third kappa shape index (κ3) is 1.58. The summed E-state index contributed by atoms with van der Waals surface area (Å²) in [4.78, 5) is 0. The molecule has 0 saturated carbocycles. The van der Waals surface area contributed by atoms with Crippen LogP contribution in [0.15, 0.2) is 0 Å². The summed E-state index contributed by atoms with van der Waals surface area (Å²) in [7, 11) is 0. The van der Waals surface area contributed by atoms with Crippen LogP contribution in [-0.2, 0) is 6.42 Å². The zero-order valence-electron chi connectivity index (χ0n) is 6.67. The van der Waals surface area contributed by atoms with E-state index in [1.807, 2.05) is 0 Å². The Morgan fingerprint density at radius 3 is 2.08 bits per heavy atom. The van der Waals surface area contributed by atoms with Gasteiger partial charge in [-0.3, -0.25) is 0 Å². The van der Waals surface area contributed by atoms with Gasteiger partial charge in [0.05, 0.1) is 5.02 Å². The van der Waals surface area contributed by atoms with Crippen molar-refractivity contribution in [2.75, 3.05) is 0 Å². The van der Waals surface area contributed by atoms with Crippen LogP contribution in [0.4, 0.5) is 8.78 Å². The van der Waals surface area contributed by atoms with Gasteiger partial charge in [-0.1, -0.05) is 30.1 Å². The number of halogens is 4. The largest absolute Gasteiger partial charge is 0.506 e. The van der Waals surface area contributed by atoms with Crippen molar-refractivity contribution in [2.24, 2.45) is 0 Å². The normalized spacial score (nSPS) is 10.5. The molecule has 5 heteroatoms. The Kier molecular flexibility index (Phi) is 2.98. The number of hydrogen-bond donors (Lipinski definition) is 1. The lowest BCUT2D eigenvalue weighted by molar-refractivity contribution is 0.449. The maximum atomic E-state index is 12.9. The standard InChI is InChI=1S/C8H6Cl2F2O/c1-2-3-4(9)6(11)7(12)5(10)8(3)13/h13H,2H2,1H3. The zero-order valence-corrected chi connectivity index (χ0v) is 8.18. The molecule has 0 spiro atoms. The highest BCUT2D eigenvalue weighted by atomic mass is 35.5. The second-order valence-corrected chi connectivity index (χ2v) is 3.19. The summed E-state index contributed by atoms with van der Waals surface area (Å²) in [5.74, 6) is -3.03. The molecule has 1 nitrogen and oxygen atoms in total. The number of aromatic hydroxyl groups is 1. The molecular weight excluding hydrogens is 221 g/mol. The second-order valence-electron chi connectivity index (χ2n) is 2.44. The molecule has 72 valence electrons. The molecule has 0 unspecified atom stereocenters. The van der Waals surface area contributed by atoms with Gasteiger partial charge in [-0.25, -0.2) is 8.78 Å². The molecule has 1 rings (SSSR count). The van der Waals surface area contributed by atoms with Crippen molar-refractivity contribution in [3.05, 3.63) is 27.2 Å². The van der Waals surface area contributed by atoms with Gasteiger partial charge in [0.15, 0.2) is 11.6 Å². The lowest BCUT2D eigenvalue weighted by Gasteiger charge is -2.08. The summed E-state index contributed by atoms with van der Waals surface area (Å²) in [6.45, 7) is 1.65. The Morgan fingerprint density at radius 2 is 1.62 bits per heavy atom. The first-order chi connectivity index (χ1) is 6.00. The van der Waals surface area contributed by atoms with Gasteiger partial charge in [0.1, 0.15) is 10.8 Å². The molecular formula is C8H6Cl2F2O. The van der Waals surface area contributed by atoms with Crippen molar-refractivity contribution in [1.29, 1.82) is 0 Å². The lowest BCUT2D eigenvalue weighted by Crippen LogP contribution is -1.94. The highest BCUT2D eigenvalue weighted by Crippen LogP contribution is 2.37. The number of phenols is 1. The molecule has 0 saturated heterocycles. The van der Waals surface area contributed by atoms with E-state index in [0.29, 0.717) is 0 Å². The van der Waals surface area contributed by atoms with Crippen molar-refractivity contribution in [3.63, 3.8) is 0 Å². The molecule has 0 aliphatic carbocycles. The van der Waals surface area contributed by atoms with Crippen LogP contribution >= 0.6 is 23.2 Å². The van der Waals surface area contributed by atoms with Gasteiger partial charge in [-0.15, -0.1) is 0 Å². The van der Waals surface area contributed by atoms with E-state index in [4.69, 9.17) is 23.2 Å². The minimum atomic E-state index is -1.32. The Hall–Kier alpha value is -0.540. The first kappa shape index (κ1) is 10.5. The molecule has 1 aromatic carbocycles. The summed E-state index contributed by atoms with van der Waals surface area (Å²) in [6.07, 6.45) is 0.279. The first-order valence-electron chi connectivity index (χ1n) is 3.54. The highest BCUT2D eigenvalue weighted by molar-refractivity contribution is 6.35. The maximum absolute atomic E-state index is 12.9. The summed E-state index contributed by atoms with van der Waals surface area (Å²) in [5, 5.41) is 8.22. The van der Waals surface area contributed by atoms with E-state index in [-0.39, 0.29) is 12.0 Å². The third-order valence-electron chi connectivity index (χ3n) is 1.69. The molecule has 0 atom stereocenters. The van der Waals surface area contributed by atoms with Crippen molar-refractivity contribution in [2.45, 2.75) is 13.3 Å². The minimum Gasteiger partial charge on any atom is -0.506 e. The summed E-state index contributed by atoms with van der Waals surface area (Å²) >= 11 is 10.8. The predicted octanol–water partition coefficient (Wildman–Crippen LogP) is 3.54. The van der Waals surface area contributed by atoms with Gasteiger partial charge < -0.3 is 5.11 Å². The first-order valence-corrected chi connectivity index (χ1v) is 4.30. The topological polar surface area (TPSA) is 20.2 Å². The van der Waals surface area contributed by atoms with Gasteiger partial charge in [0.25, 0.3) is 0 Å². The molecule has 0 aliphatic heterocycles. The van der Waals surface area contributed by atoms with Crippen LogP contribution in [0.2, 0.25) is 10.0 Å². The molecule has 1 aromatic rings. The smallest absolute Gasteiger partial charge is 0.182 e. The molecule has 0 aromatic heterocycles. The van der Waals surface area contributed by atoms with E-state index in [9.17, 15) is 13.9 Å². The van der Waals surface area contributed by atoms with Crippen molar-refractivity contribution >= 4 is 23.2 Å². The third-order valence-corrected chi connectivity index (χ3v) is 2.43. The van der Waals surface area contributed by atoms with E-state index < -0.39 is 27.4 Å². The predicted molar refractivity (Wildman–Crippen MR) is 47.4 cm³/mol. The van der Waals surface area contributed by atoms with E-state index in [0.717, 1.165) is 0 Å². The fraction of sp³-hybridized carbons (Fsp3) is 0.250. The Balaban J connectivity index is 3.56. The number of rotatable bonds is 1. The molecule has 0 bridgehead atoms. The van der Waals surface area contributed by atoms with Crippen LogP contribution < -0.4 is 0 Å². The van der Waals surface area contributed by atoms with Crippen LogP contribution in [0, 0.1) is 11.6 Å². The lowest BCUT2D eigenvalue weighted by atomic mass is 10.1. The quantitative estimate of drug-likeness (QED) is 0.574. The van der Waals surface area contributed by atoms with E-state index in [1.54, 1.807) is 6.92 Å². The van der Waals surface area contributed by atoms with E-state index in [2.05, 4.69) is 0 Å². The van der Waals surface area contributed by atoms with Gasteiger partial charge >= 0.3 is 0 Å². The van der Waals surface area contributed by atoms with Crippen LogP contribution in [0.25, 0.3) is 0 Å². The Morgan fingerprint density at radius 1 is 1.15 bits per heavy atom. The van der Waals surface area contributed by atoms with Gasteiger partial charge in [-0.05, 0) is 6.42 Å². The second kappa shape index (κ2) is 3.68. The molecule has 0 amide bonds. The highest BCUT2D eigenvalue weighted by Gasteiger charge is 2.20. The SMILES string of the molecule is CCc1c(O)c(Cl)c(F)c(F)c1Cl. The van der Waals surface area contributed by atoms with Crippen molar-refractivity contribution < 1.29 is 13.9 Å². The number of phenolic OH excluding ortho intramolecular Hbond substituents is 1. The summed E-state index contributed by atoms with van der Waals surface area (Å²) in [6, 6.07) is 0. The van der Waals surface area contributed by atoms with Crippen LogP contribution in [0.3, 0.4) is 0 Å². The molecule has 0 radical (unpaired) electrons. The Labute approximate surface area is 83.9 Å². The average Bonchev–Trinajstić information content (AvgIpc) is 2.13. The van der Waals surface area contributed by atoms with Gasteiger partial charge in [-0.2, -0.15) is 0 Å². The van der Waals surface area contributed by atoms with Gasteiger partial charge in [0, 0.05) is 5.56 Å². The van der Waals surface area contributed by atoms with Crippen LogP contribution in [0.5, 0.6) is 5.75 Å². The zero-order chi connectivity index (χ0) is 10.2. The minimum absolute atomic E-state index is 0.116. The number of benzene rings is 1. The van der Waals surface area contributed by atoms with Crippen molar-refractivity contribution in [3.8, 4) is 5.75 Å². The molecule has 13 heavy (non-hydrogen) atoms. The van der Waals surface area contributed by atoms with Crippen molar-refractivity contribution in [1.82, 2.24) is 0 Å². The molecule has 1 N–H and O–H groups in total. The fourth-order valence-electron chi connectivity index (χ4n) is 0.988. The van der Waals surface area contributed by atoms with Crippen LogP contribution in [-0.4, -0.2) is 5.11 Å². The fourth-order valence-corrected chi connectivity index (χ4v) is 1.49. The van der Waals surface area contributed by atoms with E-state index in [1.165, 1.54) is 0 Å². The maximum Gasteiger partial charge on any atom is 0.182 e.